The molecule has 132 valence electrons. The number of thioether (sulfide) groups is 1. The topological polar surface area (TPSA) is 32.8 Å². The lowest BCUT2D eigenvalue weighted by Crippen LogP contribution is -2.43. The molecule has 1 aromatic carbocycles. The fourth-order valence-corrected chi connectivity index (χ4v) is 3.94. The summed E-state index contributed by atoms with van der Waals surface area (Å²) in [4.78, 5) is 18.5. The molecule has 0 radical (unpaired) electrons. The molecule has 3 rings (SSSR count). The molecule has 2 fully saturated rings. The van der Waals surface area contributed by atoms with Gasteiger partial charge in [0, 0.05) is 36.7 Å². The summed E-state index contributed by atoms with van der Waals surface area (Å²) in [6, 6.07) is 7.94. The number of hydrogen-bond donors (Lipinski definition) is 0. The standard InChI is InChI=1S/C19H28N2O2S/c1-24-18-8-6-16(7-9-18)19(22)21-12-5-13-23-17(15-21)14-20-10-3-2-4-11-20/h6-9,17H,2-5,10-15H2,1H3/t17-/m0/s1. The van der Waals surface area contributed by atoms with E-state index >= 15 is 0 Å². The highest BCUT2D eigenvalue weighted by atomic mass is 32.2. The molecule has 24 heavy (non-hydrogen) atoms. The first kappa shape index (κ1) is 17.8. The molecule has 2 heterocycles. The number of nitrogens with zero attached hydrogens (tertiary/aromatic N) is 2. The SMILES string of the molecule is CSc1ccc(C(=O)N2CCCO[C@@H](CN3CCCCC3)C2)cc1. The van der Waals surface area contributed by atoms with E-state index in [0.717, 1.165) is 31.7 Å². The predicted molar refractivity (Wildman–Crippen MR) is 98.8 cm³/mol. The van der Waals surface area contributed by atoms with E-state index in [0.29, 0.717) is 6.54 Å². The third-order valence-corrected chi connectivity index (χ3v) is 5.63. The lowest BCUT2D eigenvalue weighted by Gasteiger charge is -2.31. The van der Waals surface area contributed by atoms with E-state index in [4.69, 9.17) is 4.74 Å². The maximum Gasteiger partial charge on any atom is 0.253 e. The normalized spacial score (nSPS) is 23.0. The Labute approximate surface area is 149 Å². The number of benzene rings is 1. The summed E-state index contributed by atoms with van der Waals surface area (Å²) < 4.78 is 6.02. The van der Waals surface area contributed by atoms with Crippen LogP contribution in [0.3, 0.4) is 0 Å². The van der Waals surface area contributed by atoms with Crippen LogP contribution >= 0.6 is 11.8 Å². The summed E-state index contributed by atoms with van der Waals surface area (Å²) in [5, 5.41) is 0. The van der Waals surface area contributed by atoms with Gasteiger partial charge in [0.25, 0.3) is 5.91 Å². The summed E-state index contributed by atoms with van der Waals surface area (Å²) in [7, 11) is 0. The van der Waals surface area contributed by atoms with Crippen molar-refractivity contribution < 1.29 is 9.53 Å². The van der Waals surface area contributed by atoms with E-state index in [9.17, 15) is 4.79 Å². The van der Waals surface area contributed by atoms with Crippen LogP contribution in [0.2, 0.25) is 0 Å². The zero-order chi connectivity index (χ0) is 16.8. The Hall–Kier alpha value is -1.04. The lowest BCUT2D eigenvalue weighted by molar-refractivity contribution is 0.0216. The molecule has 5 heteroatoms. The number of carbonyl (C=O) groups excluding carboxylic acids is 1. The summed E-state index contributed by atoms with van der Waals surface area (Å²) >= 11 is 1.70. The fourth-order valence-electron chi connectivity index (χ4n) is 3.54. The van der Waals surface area contributed by atoms with Gasteiger partial charge in [0.15, 0.2) is 0 Å². The number of piperidine rings is 1. The van der Waals surface area contributed by atoms with Crippen molar-refractivity contribution in [1.82, 2.24) is 9.80 Å². The highest BCUT2D eigenvalue weighted by Gasteiger charge is 2.25. The molecule has 4 nitrogen and oxygen atoms in total. The van der Waals surface area contributed by atoms with Gasteiger partial charge >= 0.3 is 0 Å². The molecule has 0 aliphatic carbocycles. The smallest absolute Gasteiger partial charge is 0.253 e. The summed E-state index contributed by atoms with van der Waals surface area (Å²) in [5.41, 5.74) is 0.784. The van der Waals surface area contributed by atoms with Crippen LogP contribution in [0.15, 0.2) is 29.2 Å². The molecule has 1 aromatic rings. The number of rotatable bonds is 4. The summed E-state index contributed by atoms with van der Waals surface area (Å²) in [6.45, 7) is 5.55. The highest BCUT2D eigenvalue weighted by molar-refractivity contribution is 7.98. The quantitative estimate of drug-likeness (QED) is 0.783. The van der Waals surface area contributed by atoms with Crippen LogP contribution in [0.5, 0.6) is 0 Å². The van der Waals surface area contributed by atoms with Crippen LogP contribution in [0.25, 0.3) is 0 Å². The van der Waals surface area contributed by atoms with Crippen molar-refractivity contribution in [1.29, 1.82) is 0 Å². The van der Waals surface area contributed by atoms with E-state index in [1.807, 2.05) is 35.4 Å². The molecule has 2 saturated heterocycles. The molecule has 0 bridgehead atoms. The second kappa shape index (κ2) is 8.88. The molecule has 0 spiro atoms. The van der Waals surface area contributed by atoms with Gasteiger partial charge in [0.05, 0.1) is 6.10 Å². The molecular formula is C19H28N2O2S. The van der Waals surface area contributed by atoms with Gasteiger partial charge in [-0.15, -0.1) is 11.8 Å². The van der Waals surface area contributed by atoms with Crippen LogP contribution < -0.4 is 0 Å². The highest BCUT2D eigenvalue weighted by Crippen LogP contribution is 2.18. The van der Waals surface area contributed by atoms with Crippen LogP contribution in [0.4, 0.5) is 0 Å². The third-order valence-electron chi connectivity index (χ3n) is 4.88. The van der Waals surface area contributed by atoms with Crippen molar-refractivity contribution in [3.05, 3.63) is 29.8 Å². The van der Waals surface area contributed by atoms with Crippen LogP contribution in [-0.2, 0) is 4.74 Å². The van der Waals surface area contributed by atoms with E-state index < -0.39 is 0 Å². The largest absolute Gasteiger partial charge is 0.375 e. The van der Waals surface area contributed by atoms with Crippen molar-refractivity contribution in [3.8, 4) is 0 Å². The fraction of sp³-hybridized carbons (Fsp3) is 0.632. The Balaban J connectivity index is 1.61. The molecule has 0 aromatic heterocycles. The first-order chi connectivity index (χ1) is 11.8. The molecule has 2 aliphatic rings. The minimum absolute atomic E-state index is 0.136. The predicted octanol–water partition coefficient (Wildman–Crippen LogP) is 3.13. The number of ether oxygens (including phenoxy) is 1. The average molecular weight is 349 g/mol. The van der Waals surface area contributed by atoms with E-state index in [1.165, 1.54) is 37.2 Å². The first-order valence-corrected chi connectivity index (χ1v) is 10.3. The molecule has 0 unspecified atom stereocenters. The number of likely N-dealkylation sites (tertiary alicyclic amines) is 1. The summed E-state index contributed by atoms with van der Waals surface area (Å²) in [5.74, 6) is 0.136. The van der Waals surface area contributed by atoms with E-state index in [-0.39, 0.29) is 12.0 Å². The van der Waals surface area contributed by atoms with Crippen molar-refractivity contribution in [2.75, 3.05) is 45.6 Å². The van der Waals surface area contributed by atoms with Crippen molar-refractivity contribution in [3.63, 3.8) is 0 Å². The molecule has 1 amide bonds. The first-order valence-electron chi connectivity index (χ1n) is 9.03. The Kier molecular flexibility index (Phi) is 6.58. The van der Waals surface area contributed by atoms with Gasteiger partial charge in [-0.3, -0.25) is 4.79 Å². The lowest BCUT2D eigenvalue weighted by atomic mass is 10.1. The second-order valence-electron chi connectivity index (χ2n) is 6.69. The van der Waals surface area contributed by atoms with Crippen LogP contribution in [-0.4, -0.2) is 67.4 Å². The maximum atomic E-state index is 12.8. The van der Waals surface area contributed by atoms with Gasteiger partial charge < -0.3 is 14.5 Å². The van der Waals surface area contributed by atoms with E-state index in [2.05, 4.69) is 4.90 Å². The van der Waals surface area contributed by atoms with Gasteiger partial charge in [-0.25, -0.2) is 0 Å². The Morgan fingerprint density at radius 3 is 2.58 bits per heavy atom. The third kappa shape index (κ3) is 4.74. The van der Waals surface area contributed by atoms with Gasteiger partial charge in [0.1, 0.15) is 0 Å². The number of hydrogen-bond acceptors (Lipinski definition) is 4. The van der Waals surface area contributed by atoms with Gasteiger partial charge in [0.2, 0.25) is 0 Å². The average Bonchev–Trinajstić information content (AvgIpc) is 2.87. The number of amides is 1. The monoisotopic (exact) mass is 348 g/mol. The van der Waals surface area contributed by atoms with Crippen molar-refractivity contribution >= 4 is 17.7 Å². The second-order valence-corrected chi connectivity index (χ2v) is 7.57. The van der Waals surface area contributed by atoms with E-state index in [1.54, 1.807) is 11.8 Å². The Bertz CT molecular complexity index is 529. The van der Waals surface area contributed by atoms with Crippen molar-refractivity contribution in [2.45, 2.75) is 36.7 Å². The Morgan fingerprint density at radius 1 is 1.12 bits per heavy atom. The van der Waals surface area contributed by atoms with Gasteiger partial charge in [-0.1, -0.05) is 6.42 Å². The minimum Gasteiger partial charge on any atom is -0.375 e. The zero-order valence-corrected chi connectivity index (χ0v) is 15.4. The van der Waals surface area contributed by atoms with Gasteiger partial charge in [-0.05, 0) is 62.9 Å². The molecular weight excluding hydrogens is 320 g/mol. The minimum atomic E-state index is 0.136. The number of carbonyl (C=O) groups is 1. The molecule has 0 N–H and O–H groups in total. The van der Waals surface area contributed by atoms with Gasteiger partial charge in [-0.2, -0.15) is 0 Å². The summed E-state index contributed by atoms with van der Waals surface area (Å²) in [6.07, 6.45) is 7.03. The van der Waals surface area contributed by atoms with Crippen molar-refractivity contribution in [2.24, 2.45) is 0 Å². The Morgan fingerprint density at radius 2 is 1.88 bits per heavy atom. The van der Waals surface area contributed by atoms with Crippen LogP contribution in [0.1, 0.15) is 36.0 Å². The zero-order valence-electron chi connectivity index (χ0n) is 14.6. The molecule has 2 aliphatic heterocycles. The molecule has 0 saturated carbocycles. The maximum absolute atomic E-state index is 12.8. The molecule has 1 atom stereocenters. The van der Waals surface area contributed by atoms with Crippen LogP contribution in [0, 0.1) is 0 Å².